The molecule has 0 spiro atoms. The fraction of sp³-hybridized carbons (Fsp3) is 0. The number of amides is 1. The first kappa shape index (κ1) is 14.8. The van der Waals surface area contributed by atoms with Gasteiger partial charge in [-0.15, -0.1) is 0 Å². The SMILES string of the molecule is NC=NC(=O)c1ccc2cncc(-c3ccc(F)cc3F)c2c1. The first-order valence-corrected chi connectivity index (χ1v) is 6.72. The zero-order valence-electron chi connectivity index (χ0n) is 11.8. The fourth-order valence-corrected chi connectivity index (χ4v) is 2.36. The van der Waals surface area contributed by atoms with Gasteiger partial charge in [-0.25, -0.2) is 8.78 Å². The summed E-state index contributed by atoms with van der Waals surface area (Å²) in [4.78, 5) is 19.4. The molecule has 0 fully saturated rings. The van der Waals surface area contributed by atoms with Gasteiger partial charge in [0.2, 0.25) is 0 Å². The highest BCUT2D eigenvalue weighted by Crippen LogP contribution is 2.30. The van der Waals surface area contributed by atoms with Crippen LogP contribution >= 0.6 is 0 Å². The smallest absolute Gasteiger partial charge is 0.278 e. The van der Waals surface area contributed by atoms with Crippen molar-refractivity contribution in [1.82, 2.24) is 4.98 Å². The molecular formula is C17H11F2N3O. The van der Waals surface area contributed by atoms with E-state index in [9.17, 15) is 13.6 Å². The average molecular weight is 311 g/mol. The number of pyridine rings is 1. The Bertz CT molecular complexity index is 938. The van der Waals surface area contributed by atoms with E-state index in [2.05, 4.69) is 9.98 Å². The predicted molar refractivity (Wildman–Crippen MR) is 84.1 cm³/mol. The lowest BCUT2D eigenvalue weighted by Gasteiger charge is -2.08. The van der Waals surface area contributed by atoms with Crippen molar-refractivity contribution >= 4 is 23.0 Å². The molecule has 0 atom stereocenters. The predicted octanol–water partition coefficient (Wildman–Crippen LogP) is 3.31. The van der Waals surface area contributed by atoms with Crippen LogP contribution in [0.15, 0.2) is 53.8 Å². The molecule has 0 aliphatic rings. The molecule has 6 heteroatoms. The minimum absolute atomic E-state index is 0.205. The number of hydrogen-bond acceptors (Lipinski definition) is 2. The molecule has 2 aromatic carbocycles. The van der Waals surface area contributed by atoms with Crippen molar-refractivity contribution in [3.63, 3.8) is 0 Å². The molecule has 3 rings (SSSR count). The van der Waals surface area contributed by atoms with E-state index in [4.69, 9.17) is 5.73 Å². The third-order valence-electron chi connectivity index (χ3n) is 3.42. The number of halogens is 2. The van der Waals surface area contributed by atoms with Crippen molar-refractivity contribution < 1.29 is 13.6 Å². The molecule has 1 amide bonds. The topological polar surface area (TPSA) is 68.3 Å². The Morgan fingerprint density at radius 2 is 1.91 bits per heavy atom. The maximum atomic E-state index is 14.1. The molecule has 4 nitrogen and oxygen atoms in total. The minimum atomic E-state index is -0.698. The van der Waals surface area contributed by atoms with Gasteiger partial charge in [-0.2, -0.15) is 4.99 Å². The zero-order valence-corrected chi connectivity index (χ0v) is 11.8. The normalized spacial score (nSPS) is 11.2. The molecular weight excluding hydrogens is 300 g/mol. The van der Waals surface area contributed by atoms with Crippen LogP contribution in [0.4, 0.5) is 8.78 Å². The Hall–Kier alpha value is -3.15. The van der Waals surface area contributed by atoms with Gasteiger partial charge in [-0.1, -0.05) is 6.07 Å². The van der Waals surface area contributed by atoms with E-state index >= 15 is 0 Å². The van der Waals surface area contributed by atoms with Gasteiger partial charge < -0.3 is 5.73 Å². The summed E-state index contributed by atoms with van der Waals surface area (Å²) in [6, 6.07) is 8.18. The van der Waals surface area contributed by atoms with E-state index in [1.807, 2.05) is 0 Å². The molecule has 0 bridgehead atoms. The number of carbonyl (C=O) groups excluding carboxylic acids is 1. The number of benzene rings is 2. The van der Waals surface area contributed by atoms with E-state index in [0.29, 0.717) is 16.5 Å². The molecule has 0 saturated carbocycles. The number of aromatic nitrogens is 1. The number of carbonyl (C=O) groups is 1. The Balaban J connectivity index is 2.24. The Morgan fingerprint density at radius 1 is 1.09 bits per heavy atom. The zero-order chi connectivity index (χ0) is 16.4. The van der Waals surface area contributed by atoms with Crippen LogP contribution in [0.1, 0.15) is 10.4 Å². The second kappa shape index (κ2) is 5.92. The molecule has 0 aliphatic heterocycles. The molecule has 3 aromatic rings. The fourth-order valence-electron chi connectivity index (χ4n) is 2.36. The highest BCUT2D eigenvalue weighted by Gasteiger charge is 2.12. The monoisotopic (exact) mass is 311 g/mol. The molecule has 23 heavy (non-hydrogen) atoms. The van der Waals surface area contributed by atoms with Crippen LogP contribution < -0.4 is 5.73 Å². The summed E-state index contributed by atoms with van der Waals surface area (Å²) in [7, 11) is 0. The Labute approximate surface area is 130 Å². The maximum absolute atomic E-state index is 14.1. The van der Waals surface area contributed by atoms with Crippen LogP contribution in [0, 0.1) is 11.6 Å². The largest absolute Gasteiger partial charge is 0.390 e. The van der Waals surface area contributed by atoms with Crippen LogP contribution in [0.2, 0.25) is 0 Å². The van der Waals surface area contributed by atoms with Gasteiger partial charge in [0.25, 0.3) is 5.91 Å². The number of rotatable bonds is 2. The highest BCUT2D eigenvalue weighted by atomic mass is 19.1. The number of nitrogens with zero attached hydrogens (tertiary/aromatic N) is 2. The van der Waals surface area contributed by atoms with Crippen LogP contribution in [0.25, 0.3) is 21.9 Å². The molecule has 0 radical (unpaired) electrons. The summed E-state index contributed by atoms with van der Waals surface area (Å²) in [5.41, 5.74) is 6.11. The third-order valence-corrected chi connectivity index (χ3v) is 3.42. The standard InChI is InChI=1S/C17H11F2N3O/c18-12-3-4-13(16(19)6-12)15-8-21-7-11-2-1-10(5-14(11)15)17(23)22-9-20/h1-9H,(H2,20,22,23). The van der Waals surface area contributed by atoms with Crippen molar-refractivity contribution in [3.05, 3.63) is 66.0 Å². The lowest BCUT2D eigenvalue weighted by molar-refractivity contribution is 0.100. The molecule has 1 heterocycles. The van der Waals surface area contributed by atoms with Crippen molar-refractivity contribution in [2.45, 2.75) is 0 Å². The van der Waals surface area contributed by atoms with Crippen LogP contribution in [-0.2, 0) is 0 Å². The van der Waals surface area contributed by atoms with Gasteiger partial charge in [-0.05, 0) is 29.7 Å². The van der Waals surface area contributed by atoms with Crippen molar-refractivity contribution in [1.29, 1.82) is 0 Å². The summed E-state index contributed by atoms with van der Waals surface area (Å²) in [6.07, 6.45) is 3.99. The summed E-state index contributed by atoms with van der Waals surface area (Å²) < 4.78 is 27.2. The second-order valence-corrected chi connectivity index (χ2v) is 4.83. The van der Waals surface area contributed by atoms with Crippen LogP contribution in [-0.4, -0.2) is 17.2 Å². The lowest BCUT2D eigenvalue weighted by atomic mass is 9.98. The summed E-state index contributed by atoms with van der Waals surface area (Å²) in [5, 5.41) is 1.34. The molecule has 1 aromatic heterocycles. The minimum Gasteiger partial charge on any atom is -0.390 e. The Morgan fingerprint density at radius 3 is 2.65 bits per heavy atom. The number of nitrogens with two attached hydrogens (primary N) is 1. The molecule has 114 valence electrons. The van der Waals surface area contributed by atoms with E-state index in [0.717, 1.165) is 17.8 Å². The van der Waals surface area contributed by atoms with Crippen molar-refractivity contribution in [3.8, 4) is 11.1 Å². The molecule has 2 N–H and O–H groups in total. The van der Waals surface area contributed by atoms with Gasteiger partial charge in [0.1, 0.15) is 11.6 Å². The molecule has 0 saturated heterocycles. The molecule has 0 aliphatic carbocycles. The first-order valence-electron chi connectivity index (χ1n) is 6.72. The maximum Gasteiger partial charge on any atom is 0.278 e. The van der Waals surface area contributed by atoms with Crippen molar-refractivity contribution in [2.24, 2.45) is 10.7 Å². The number of hydrogen-bond donors (Lipinski definition) is 1. The van der Waals surface area contributed by atoms with Gasteiger partial charge >= 0.3 is 0 Å². The Kier molecular flexibility index (Phi) is 3.80. The third kappa shape index (κ3) is 2.78. The average Bonchev–Trinajstić information content (AvgIpc) is 2.54. The summed E-state index contributed by atoms with van der Waals surface area (Å²) in [6.45, 7) is 0. The molecule has 0 unspecified atom stereocenters. The van der Waals surface area contributed by atoms with Gasteiger partial charge in [0.15, 0.2) is 0 Å². The highest BCUT2D eigenvalue weighted by molar-refractivity contribution is 6.04. The summed E-state index contributed by atoms with van der Waals surface area (Å²) in [5.74, 6) is -1.86. The van der Waals surface area contributed by atoms with E-state index in [1.165, 1.54) is 18.3 Å². The van der Waals surface area contributed by atoms with E-state index in [-0.39, 0.29) is 5.56 Å². The van der Waals surface area contributed by atoms with Crippen LogP contribution in [0.5, 0.6) is 0 Å². The number of fused-ring (bicyclic) bond motifs is 1. The van der Waals surface area contributed by atoms with Gasteiger partial charge in [0, 0.05) is 40.5 Å². The van der Waals surface area contributed by atoms with Crippen LogP contribution in [0.3, 0.4) is 0 Å². The van der Waals surface area contributed by atoms with Gasteiger partial charge in [0.05, 0.1) is 6.34 Å². The second-order valence-electron chi connectivity index (χ2n) is 4.83. The van der Waals surface area contributed by atoms with Gasteiger partial charge in [-0.3, -0.25) is 9.78 Å². The summed E-state index contributed by atoms with van der Waals surface area (Å²) >= 11 is 0. The number of aliphatic imine (C=N–C) groups is 1. The quantitative estimate of drug-likeness (QED) is 0.583. The van der Waals surface area contributed by atoms with E-state index in [1.54, 1.807) is 24.4 Å². The van der Waals surface area contributed by atoms with E-state index < -0.39 is 17.5 Å². The first-order chi connectivity index (χ1) is 11.1. The van der Waals surface area contributed by atoms with Crippen molar-refractivity contribution in [2.75, 3.05) is 0 Å². The lowest BCUT2D eigenvalue weighted by Crippen LogP contribution is -1.99.